The van der Waals surface area contributed by atoms with Gasteiger partial charge in [-0.1, -0.05) is 56.0 Å². The van der Waals surface area contributed by atoms with Crippen molar-refractivity contribution < 1.29 is 18.7 Å². The highest BCUT2D eigenvalue weighted by molar-refractivity contribution is 5.88. The maximum atomic E-state index is 13.2. The normalized spacial score (nSPS) is 15.1. The van der Waals surface area contributed by atoms with E-state index in [4.69, 9.17) is 4.74 Å². The molecule has 1 atom stereocenters. The fraction of sp³-hybridized carbons (Fsp3) is 0.462. The van der Waals surface area contributed by atoms with Crippen LogP contribution in [-0.4, -0.2) is 35.4 Å². The number of hydrogen-bond acceptors (Lipinski definition) is 3. The average molecular weight is 441 g/mol. The lowest BCUT2D eigenvalue weighted by atomic mass is 9.95. The third-order valence-corrected chi connectivity index (χ3v) is 5.99. The van der Waals surface area contributed by atoms with Crippen LogP contribution in [0.15, 0.2) is 48.5 Å². The van der Waals surface area contributed by atoms with Crippen molar-refractivity contribution >= 4 is 11.8 Å². The average Bonchev–Trinajstić information content (AvgIpc) is 2.80. The van der Waals surface area contributed by atoms with Crippen molar-refractivity contribution in [2.45, 2.75) is 71.0 Å². The molecule has 1 aliphatic carbocycles. The van der Waals surface area contributed by atoms with Gasteiger partial charge in [0, 0.05) is 12.6 Å². The summed E-state index contributed by atoms with van der Waals surface area (Å²) in [7, 11) is 0. The highest BCUT2D eigenvalue weighted by atomic mass is 19.1. The molecule has 1 fully saturated rings. The molecule has 6 heteroatoms. The van der Waals surface area contributed by atoms with Gasteiger partial charge >= 0.3 is 0 Å². The molecular weight excluding hydrogens is 407 g/mol. The third kappa shape index (κ3) is 6.81. The maximum Gasteiger partial charge on any atom is 0.261 e. The number of ether oxygens (including phenoxy) is 1. The number of hydrogen-bond donors (Lipinski definition) is 1. The molecule has 2 amide bonds. The van der Waals surface area contributed by atoms with E-state index < -0.39 is 6.04 Å². The van der Waals surface area contributed by atoms with E-state index in [9.17, 15) is 14.0 Å². The summed E-state index contributed by atoms with van der Waals surface area (Å²) < 4.78 is 18.7. The van der Waals surface area contributed by atoms with Gasteiger partial charge in [-0.05, 0) is 56.0 Å². The Labute approximate surface area is 190 Å². The quantitative estimate of drug-likeness (QED) is 0.611. The van der Waals surface area contributed by atoms with Crippen LogP contribution in [0.5, 0.6) is 5.75 Å². The summed E-state index contributed by atoms with van der Waals surface area (Å²) in [6, 6.07) is 13.1. The van der Waals surface area contributed by atoms with E-state index in [2.05, 4.69) is 5.32 Å². The zero-order chi connectivity index (χ0) is 22.9. The van der Waals surface area contributed by atoms with Gasteiger partial charge in [-0.15, -0.1) is 0 Å². The summed E-state index contributed by atoms with van der Waals surface area (Å²) in [6.45, 7) is 4.03. The van der Waals surface area contributed by atoms with Gasteiger partial charge in [0.25, 0.3) is 5.91 Å². The van der Waals surface area contributed by atoms with Gasteiger partial charge in [0.2, 0.25) is 5.91 Å². The van der Waals surface area contributed by atoms with Crippen LogP contribution in [0, 0.1) is 12.7 Å². The molecule has 0 aromatic heterocycles. The first-order valence-corrected chi connectivity index (χ1v) is 11.5. The number of halogens is 1. The van der Waals surface area contributed by atoms with Crippen LogP contribution in [0.2, 0.25) is 0 Å². The van der Waals surface area contributed by atoms with Crippen molar-refractivity contribution in [3.05, 3.63) is 65.5 Å². The standard InChI is InChI=1S/C26H33FN2O3/c1-3-24(26(31)28-22-7-5-4-6-8-22)29(17-20-11-9-19(2)10-12-20)25(30)18-32-23-15-13-21(27)14-16-23/h9-16,22,24H,3-8,17-18H2,1-2H3,(H,28,31). The Morgan fingerprint density at radius 2 is 1.72 bits per heavy atom. The molecule has 5 nitrogen and oxygen atoms in total. The zero-order valence-corrected chi connectivity index (χ0v) is 19.0. The number of nitrogens with zero attached hydrogens (tertiary/aromatic N) is 1. The van der Waals surface area contributed by atoms with E-state index in [1.54, 1.807) is 4.90 Å². The minimum Gasteiger partial charge on any atom is -0.484 e. The highest BCUT2D eigenvalue weighted by Gasteiger charge is 2.30. The molecule has 1 saturated carbocycles. The fourth-order valence-corrected chi connectivity index (χ4v) is 4.11. The SMILES string of the molecule is CCC(C(=O)NC1CCCCC1)N(Cc1ccc(C)cc1)C(=O)COc1ccc(F)cc1. The Bertz CT molecular complexity index is 877. The summed E-state index contributed by atoms with van der Waals surface area (Å²) in [4.78, 5) is 28.0. The topological polar surface area (TPSA) is 58.6 Å². The summed E-state index contributed by atoms with van der Waals surface area (Å²) >= 11 is 0. The van der Waals surface area contributed by atoms with Crippen LogP contribution < -0.4 is 10.1 Å². The first-order valence-electron chi connectivity index (χ1n) is 11.5. The molecule has 0 heterocycles. The minimum absolute atomic E-state index is 0.110. The molecule has 1 N–H and O–H groups in total. The van der Waals surface area contributed by atoms with E-state index in [0.29, 0.717) is 18.7 Å². The smallest absolute Gasteiger partial charge is 0.261 e. The number of amides is 2. The third-order valence-electron chi connectivity index (χ3n) is 5.99. The van der Waals surface area contributed by atoms with Gasteiger partial charge in [-0.3, -0.25) is 9.59 Å². The fourth-order valence-electron chi connectivity index (χ4n) is 4.11. The Hall–Kier alpha value is -2.89. The van der Waals surface area contributed by atoms with Crippen LogP contribution in [0.25, 0.3) is 0 Å². The molecule has 0 bridgehead atoms. The summed E-state index contributed by atoms with van der Waals surface area (Å²) in [6.07, 6.45) is 5.94. The van der Waals surface area contributed by atoms with E-state index >= 15 is 0 Å². The molecule has 1 unspecified atom stereocenters. The van der Waals surface area contributed by atoms with E-state index in [1.807, 2.05) is 38.1 Å². The van der Waals surface area contributed by atoms with E-state index in [-0.39, 0.29) is 30.3 Å². The van der Waals surface area contributed by atoms with E-state index in [0.717, 1.165) is 36.8 Å². The van der Waals surface area contributed by atoms with Crippen molar-refractivity contribution in [2.24, 2.45) is 0 Å². The number of nitrogens with one attached hydrogen (secondary N) is 1. The van der Waals surface area contributed by atoms with Crippen LogP contribution in [0.1, 0.15) is 56.6 Å². The monoisotopic (exact) mass is 440 g/mol. The van der Waals surface area contributed by atoms with Gasteiger partial charge in [0.15, 0.2) is 6.61 Å². The van der Waals surface area contributed by atoms with Crippen molar-refractivity contribution in [3.8, 4) is 5.75 Å². The molecule has 32 heavy (non-hydrogen) atoms. The molecule has 2 aromatic rings. The van der Waals surface area contributed by atoms with Gasteiger partial charge in [-0.25, -0.2) is 4.39 Å². The zero-order valence-electron chi connectivity index (χ0n) is 19.0. The predicted molar refractivity (Wildman–Crippen MR) is 123 cm³/mol. The van der Waals surface area contributed by atoms with Gasteiger partial charge < -0.3 is 15.0 Å². The van der Waals surface area contributed by atoms with Crippen LogP contribution >= 0.6 is 0 Å². The van der Waals surface area contributed by atoms with Crippen molar-refractivity contribution in [1.82, 2.24) is 10.2 Å². The molecule has 2 aromatic carbocycles. The Morgan fingerprint density at radius 1 is 1.06 bits per heavy atom. The van der Waals surface area contributed by atoms with E-state index in [1.165, 1.54) is 30.7 Å². The van der Waals surface area contributed by atoms with Crippen molar-refractivity contribution in [3.63, 3.8) is 0 Å². The maximum absolute atomic E-state index is 13.2. The highest BCUT2D eigenvalue weighted by Crippen LogP contribution is 2.19. The second kappa shape index (κ2) is 11.7. The van der Waals surface area contributed by atoms with Crippen molar-refractivity contribution in [2.75, 3.05) is 6.61 Å². The lowest BCUT2D eigenvalue weighted by Crippen LogP contribution is -2.52. The number of benzene rings is 2. The van der Waals surface area contributed by atoms with Crippen molar-refractivity contribution in [1.29, 1.82) is 0 Å². The van der Waals surface area contributed by atoms with Gasteiger partial charge in [-0.2, -0.15) is 0 Å². The molecule has 3 rings (SSSR count). The second-order valence-corrected chi connectivity index (χ2v) is 8.52. The van der Waals surface area contributed by atoms with Crippen LogP contribution in [-0.2, 0) is 16.1 Å². The summed E-state index contributed by atoms with van der Waals surface area (Å²) in [5, 5.41) is 3.16. The molecule has 172 valence electrons. The lowest BCUT2D eigenvalue weighted by molar-refractivity contribution is -0.143. The first kappa shape index (κ1) is 23.8. The summed E-state index contributed by atoms with van der Waals surface area (Å²) in [5.41, 5.74) is 2.09. The Balaban J connectivity index is 1.73. The molecular formula is C26H33FN2O3. The Kier molecular flexibility index (Phi) is 8.65. The number of rotatable bonds is 9. The first-order chi connectivity index (χ1) is 15.5. The molecule has 0 radical (unpaired) electrons. The molecule has 0 aliphatic heterocycles. The van der Waals surface area contributed by atoms with Gasteiger partial charge in [0.1, 0.15) is 17.6 Å². The molecule has 0 spiro atoms. The molecule has 0 saturated heterocycles. The Morgan fingerprint density at radius 3 is 2.34 bits per heavy atom. The second-order valence-electron chi connectivity index (χ2n) is 8.52. The van der Waals surface area contributed by atoms with Crippen LogP contribution in [0.3, 0.4) is 0 Å². The predicted octanol–water partition coefficient (Wildman–Crippen LogP) is 4.77. The minimum atomic E-state index is -0.581. The number of aryl methyl sites for hydroxylation is 1. The largest absolute Gasteiger partial charge is 0.484 e. The summed E-state index contributed by atoms with van der Waals surface area (Å²) in [5.74, 6) is -0.341. The lowest BCUT2D eigenvalue weighted by Gasteiger charge is -2.32. The van der Waals surface area contributed by atoms with Gasteiger partial charge in [0.05, 0.1) is 0 Å². The molecule has 1 aliphatic rings. The van der Waals surface area contributed by atoms with Crippen LogP contribution in [0.4, 0.5) is 4.39 Å². The number of carbonyl (C=O) groups is 2. The number of carbonyl (C=O) groups excluding carboxylic acids is 2.